The van der Waals surface area contributed by atoms with Crippen molar-refractivity contribution < 1.29 is 32.2 Å². The average molecular weight is 569 g/mol. The van der Waals surface area contributed by atoms with Gasteiger partial charge in [0.05, 0.1) is 6.61 Å². The summed E-state index contributed by atoms with van der Waals surface area (Å²) in [6, 6.07) is 20.8. The van der Waals surface area contributed by atoms with E-state index in [-0.39, 0.29) is 12.5 Å². The van der Waals surface area contributed by atoms with Gasteiger partial charge in [0.2, 0.25) is 0 Å². The maximum Gasteiger partial charge on any atom is 0.490 e. The van der Waals surface area contributed by atoms with Crippen molar-refractivity contribution in [3.8, 4) is 5.75 Å². The highest BCUT2D eigenvalue weighted by molar-refractivity contribution is 5.98. The SMILES string of the molecule is CC(C)COc1ccccc1CN1CCC2(CCN(C(=O)c3ccc4ccccc4c3)CC2)C1OC(=O)C(F)(F)F. The van der Waals surface area contributed by atoms with Crippen LogP contribution in [0.25, 0.3) is 10.8 Å². The molecule has 41 heavy (non-hydrogen) atoms. The Morgan fingerprint density at radius 2 is 1.59 bits per heavy atom. The normalized spacial score (nSPS) is 19.2. The van der Waals surface area contributed by atoms with E-state index >= 15 is 0 Å². The lowest BCUT2D eigenvalue weighted by atomic mass is 9.76. The van der Waals surface area contributed by atoms with Crippen LogP contribution in [0.15, 0.2) is 66.7 Å². The number of piperidine rings is 1. The summed E-state index contributed by atoms with van der Waals surface area (Å²) in [7, 11) is 0. The number of esters is 1. The predicted octanol–water partition coefficient (Wildman–Crippen LogP) is 6.43. The van der Waals surface area contributed by atoms with Crippen LogP contribution in [0.5, 0.6) is 5.75 Å². The number of amides is 1. The third-order valence-electron chi connectivity index (χ3n) is 8.16. The minimum Gasteiger partial charge on any atom is -0.493 e. The number of halogens is 3. The maximum atomic E-state index is 13.4. The fourth-order valence-corrected chi connectivity index (χ4v) is 5.93. The first-order valence-electron chi connectivity index (χ1n) is 14.1. The first-order chi connectivity index (χ1) is 19.6. The summed E-state index contributed by atoms with van der Waals surface area (Å²) in [6.07, 6.45) is -4.72. The molecular formula is C32H35F3N2O4. The highest BCUT2D eigenvalue weighted by Gasteiger charge is 2.54. The highest BCUT2D eigenvalue weighted by atomic mass is 19.4. The zero-order chi connectivity index (χ0) is 29.2. The van der Waals surface area contributed by atoms with Gasteiger partial charge in [0, 0.05) is 42.7 Å². The molecule has 0 radical (unpaired) electrons. The monoisotopic (exact) mass is 568 g/mol. The van der Waals surface area contributed by atoms with Crippen LogP contribution in [0.2, 0.25) is 0 Å². The van der Waals surface area contributed by atoms with E-state index in [1.807, 2.05) is 79.4 Å². The van der Waals surface area contributed by atoms with Gasteiger partial charge in [-0.2, -0.15) is 13.2 Å². The van der Waals surface area contributed by atoms with E-state index in [9.17, 15) is 22.8 Å². The third kappa shape index (κ3) is 6.35. The number of ether oxygens (including phenoxy) is 2. The second-order valence-electron chi connectivity index (χ2n) is 11.5. The Bertz CT molecular complexity index is 1400. The van der Waals surface area contributed by atoms with Crippen molar-refractivity contribution in [2.24, 2.45) is 11.3 Å². The van der Waals surface area contributed by atoms with E-state index in [1.165, 1.54) is 0 Å². The lowest BCUT2D eigenvalue weighted by Crippen LogP contribution is -2.51. The van der Waals surface area contributed by atoms with Crippen molar-refractivity contribution in [2.45, 2.75) is 52.1 Å². The Labute approximate surface area is 238 Å². The highest BCUT2D eigenvalue weighted by Crippen LogP contribution is 2.47. The van der Waals surface area contributed by atoms with Gasteiger partial charge in [-0.05, 0) is 54.2 Å². The molecule has 2 heterocycles. The number of benzene rings is 3. The van der Waals surface area contributed by atoms with Crippen LogP contribution in [0.1, 0.15) is 49.0 Å². The number of nitrogens with zero attached hydrogens (tertiary/aromatic N) is 2. The maximum absolute atomic E-state index is 13.4. The number of carbonyl (C=O) groups is 2. The van der Waals surface area contributed by atoms with Crippen molar-refractivity contribution in [2.75, 3.05) is 26.2 Å². The summed E-state index contributed by atoms with van der Waals surface area (Å²) >= 11 is 0. The molecule has 1 unspecified atom stereocenters. The van der Waals surface area contributed by atoms with Crippen molar-refractivity contribution in [3.63, 3.8) is 0 Å². The van der Waals surface area contributed by atoms with Gasteiger partial charge in [-0.25, -0.2) is 4.79 Å². The van der Waals surface area contributed by atoms with E-state index in [1.54, 1.807) is 11.0 Å². The summed E-state index contributed by atoms with van der Waals surface area (Å²) in [6.45, 7) is 6.07. The Balaban J connectivity index is 1.33. The topological polar surface area (TPSA) is 59.1 Å². The Hall–Kier alpha value is -3.59. The zero-order valence-corrected chi connectivity index (χ0v) is 23.3. The molecular weight excluding hydrogens is 533 g/mol. The van der Waals surface area contributed by atoms with E-state index in [4.69, 9.17) is 9.47 Å². The van der Waals surface area contributed by atoms with Gasteiger partial charge >= 0.3 is 12.1 Å². The molecule has 0 N–H and O–H groups in total. The molecule has 2 saturated heterocycles. The van der Waals surface area contributed by atoms with Crippen LogP contribution in [0.4, 0.5) is 13.2 Å². The van der Waals surface area contributed by atoms with Gasteiger partial charge in [-0.3, -0.25) is 9.69 Å². The summed E-state index contributed by atoms with van der Waals surface area (Å²) in [5, 5.41) is 2.01. The first kappa shape index (κ1) is 28.9. The number of para-hydroxylation sites is 1. The molecule has 218 valence electrons. The molecule has 3 aromatic carbocycles. The molecule has 2 fully saturated rings. The number of likely N-dealkylation sites (tertiary alicyclic amines) is 2. The number of fused-ring (bicyclic) bond motifs is 1. The molecule has 0 saturated carbocycles. The second-order valence-corrected chi connectivity index (χ2v) is 11.5. The van der Waals surface area contributed by atoms with Crippen LogP contribution in [0.3, 0.4) is 0 Å². The van der Waals surface area contributed by atoms with Gasteiger partial charge in [-0.1, -0.05) is 62.4 Å². The molecule has 9 heteroatoms. The van der Waals surface area contributed by atoms with Crippen LogP contribution in [-0.4, -0.2) is 60.3 Å². The van der Waals surface area contributed by atoms with Crippen molar-refractivity contribution >= 4 is 22.6 Å². The second kappa shape index (κ2) is 11.7. The Morgan fingerprint density at radius 3 is 2.29 bits per heavy atom. The average Bonchev–Trinajstić information content (AvgIpc) is 3.27. The fourth-order valence-electron chi connectivity index (χ4n) is 5.93. The summed E-state index contributed by atoms with van der Waals surface area (Å²) in [4.78, 5) is 29.0. The van der Waals surface area contributed by atoms with Crippen molar-refractivity contribution in [3.05, 3.63) is 77.9 Å². The molecule has 2 aliphatic rings. The Morgan fingerprint density at radius 1 is 0.927 bits per heavy atom. The fraction of sp³-hybridized carbons (Fsp3) is 0.438. The number of hydrogen-bond donors (Lipinski definition) is 0. The predicted molar refractivity (Wildman–Crippen MR) is 149 cm³/mol. The number of alkyl halides is 3. The molecule has 1 amide bonds. The molecule has 1 atom stereocenters. The summed E-state index contributed by atoms with van der Waals surface area (Å²) in [5.41, 5.74) is 0.711. The molecule has 0 aliphatic carbocycles. The number of rotatable bonds is 7. The molecule has 2 aliphatic heterocycles. The van der Waals surface area contributed by atoms with Gasteiger partial charge in [-0.15, -0.1) is 0 Å². The largest absolute Gasteiger partial charge is 0.493 e. The minimum absolute atomic E-state index is 0.111. The van der Waals surface area contributed by atoms with Crippen LogP contribution >= 0.6 is 0 Å². The lowest BCUT2D eigenvalue weighted by molar-refractivity contribution is -0.220. The standard InChI is InChI=1S/C32H35F3N2O4/c1-22(2)21-40-27-10-6-5-9-26(27)20-37-18-15-31(29(37)41-30(39)32(33,34)35)13-16-36(17-14-31)28(38)25-12-11-23-7-3-4-8-24(23)19-25/h3-12,19,22,29H,13-18,20-21H2,1-2H3. The van der Waals surface area contributed by atoms with Gasteiger partial charge in [0.15, 0.2) is 6.23 Å². The smallest absolute Gasteiger partial charge is 0.490 e. The minimum atomic E-state index is -5.10. The molecule has 5 rings (SSSR count). The van der Waals surface area contributed by atoms with E-state index in [0.717, 1.165) is 16.3 Å². The van der Waals surface area contributed by atoms with Crippen molar-refractivity contribution in [1.82, 2.24) is 9.80 Å². The Kier molecular flexibility index (Phi) is 8.27. The number of carbonyl (C=O) groups excluding carboxylic acids is 2. The van der Waals surface area contributed by atoms with E-state index < -0.39 is 23.8 Å². The molecule has 0 aromatic heterocycles. The molecule has 6 nitrogen and oxygen atoms in total. The molecule has 3 aromatic rings. The quantitative estimate of drug-likeness (QED) is 0.307. The van der Waals surface area contributed by atoms with Gasteiger partial charge < -0.3 is 14.4 Å². The first-order valence-corrected chi connectivity index (χ1v) is 14.1. The van der Waals surface area contributed by atoms with Crippen molar-refractivity contribution in [1.29, 1.82) is 0 Å². The third-order valence-corrected chi connectivity index (χ3v) is 8.16. The van der Waals surface area contributed by atoms with E-state index in [2.05, 4.69) is 0 Å². The number of hydrogen-bond acceptors (Lipinski definition) is 5. The molecule has 0 bridgehead atoms. The summed E-state index contributed by atoms with van der Waals surface area (Å²) < 4.78 is 51.3. The van der Waals surface area contributed by atoms with Crippen LogP contribution < -0.4 is 4.74 Å². The molecule has 1 spiro atoms. The van der Waals surface area contributed by atoms with Gasteiger partial charge in [0.25, 0.3) is 5.91 Å². The lowest BCUT2D eigenvalue weighted by Gasteiger charge is -2.43. The zero-order valence-electron chi connectivity index (χ0n) is 23.3. The summed E-state index contributed by atoms with van der Waals surface area (Å²) in [5.74, 6) is -1.33. The van der Waals surface area contributed by atoms with Crippen LogP contribution in [-0.2, 0) is 16.1 Å². The van der Waals surface area contributed by atoms with Crippen LogP contribution in [0, 0.1) is 11.3 Å². The van der Waals surface area contributed by atoms with E-state index in [0.29, 0.717) is 62.7 Å². The van der Waals surface area contributed by atoms with Gasteiger partial charge in [0.1, 0.15) is 5.75 Å².